The molecule has 3 rings (SSSR count). The Balaban J connectivity index is 1.70. The van der Waals surface area contributed by atoms with Crippen LogP contribution in [0, 0.1) is 0 Å². The maximum atomic E-state index is 5.26. The summed E-state index contributed by atoms with van der Waals surface area (Å²) in [6.45, 7) is 0.271. The second-order valence-corrected chi connectivity index (χ2v) is 3.31. The average Bonchev–Trinajstić information content (AvgIpc) is 2.98. The largest absolute Gasteiger partial charge is 0.454 e. The molecule has 2 aromatic rings. The molecule has 1 aliphatic rings. The Hall–Kier alpha value is -2.57. The van der Waals surface area contributed by atoms with Crippen LogP contribution in [0.15, 0.2) is 36.0 Å². The third-order valence-corrected chi connectivity index (χ3v) is 2.19. The maximum Gasteiger partial charge on any atom is 0.231 e. The monoisotopic (exact) mass is 231 g/mol. The molecule has 86 valence electrons. The molecule has 0 spiro atoms. The van der Waals surface area contributed by atoms with Gasteiger partial charge in [-0.3, -0.25) is 0 Å². The highest BCUT2D eigenvalue weighted by Crippen LogP contribution is 2.31. The number of benzene rings is 1. The van der Waals surface area contributed by atoms with E-state index in [9.17, 15) is 0 Å². The van der Waals surface area contributed by atoms with Crippen LogP contribution in [0.1, 0.15) is 5.56 Å². The van der Waals surface area contributed by atoms with Gasteiger partial charge in [-0.2, -0.15) is 10.6 Å². The molecule has 0 fully saturated rings. The van der Waals surface area contributed by atoms with Gasteiger partial charge in [0.25, 0.3) is 0 Å². The highest BCUT2D eigenvalue weighted by atomic mass is 16.7. The van der Waals surface area contributed by atoms with E-state index in [1.807, 2.05) is 18.2 Å². The first-order chi connectivity index (χ1) is 8.42. The second-order valence-electron chi connectivity index (χ2n) is 3.31. The quantitative estimate of drug-likeness (QED) is 0.618. The van der Waals surface area contributed by atoms with Gasteiger partial charge in [0.05, 0.1) is 6.21 Å². The Morgan fingerprint density at radius 3 is 3.18 bits per heavy atom. The molecule has 17 heavy (non-hydrogen) atoms. The predicted octanol–water partition coefficient (Wildman–Crippen LogP) is 0.584. The molecule has 1 aromatic heterocycles. The van der Waals surface area contributed by atoms with Crippen molar-refractivity contribution < 1.29 is 9.47 Å². The highest BCUT2D eigenvalue weighted by molar-refractivity contribution is 5.81. The third kappa shape index (κ3) is 2.03. The van der Waals surface area contributed by atoms with Crippen LogP contribution in [0.5, 0.6) is 11.5 Å². The first kappa shape index (κ1) is 9.64. The molecular formula is C10H9N5O2. The summed E-state index contributed by atoms with van der Waals surface area (Å²) in [5, 5.41) is 7.84. The fraction of sp³-hybridized carbons (Fsp3) is 0.100. The Bertz CT molecular complexity index is 538. The van der Waals surface area contributed by atoms with E-state index in [-0.39, 0.29) is 6.79 Å². The maximum absolute atomic E-state index is 5.26. The summed E-state index contributed by atoms with van der Waals surface area (Å²) in [4.78, 5) is 5.17. The molecule has 0 aliphatic carbocycles. The molecule has 1 N–H and O–H groups in total. The topological polar surface area (TPSA) is 73.6 Å². The van der Waals surface area contributed by atoms with Gasteiger partial charge >= 0.3 is 0 Å². The number of aromatic nitrogens is 3. The molecule has 0 saturated carbocycles. The van der Waals surface area contributed by atoms with Crippen LogP contribution in [0.2, 0.25) is 0 Å². The van der Waals surface area contributed by atoms with Crippen LogP contribution in [-0.2, 0) is 0 Å². The normalized spacial score (nSPS) is 13.2. The summed E-state index contributed by atoms with van der Waals surface area (Å²) in [6, 6.07) is 5.59. The Morgan fingerprint density at radius 2 is 2.29 bits per heavy atom. The summed E-state index contributed by atoms with van der Waals surface area (Å²) in [5.74, 6) is 1.49. The van der Waals surface area contributed by atoms with Crippen LogP contribution < -0.4 is 15.0 Å². The van der Waals surface area contributed by atoms with E-state index in [1.54, 1.807) is 6.21 Å². The molecule has 0 amide bonds. The van der Waals surface area contributed by atoms with Gasteiger partial charge in [0.1, 0.15) is 12.7 Å². The van der Waals surface area contributed by atoms with Gasteiger partial charge in [-0.1, -0.05) is 0 Å². The number of hydrogen-bond acceptors (Lipinski definition) is 6. The van der Waals surface area contributed by atoms with Gasteiger partial charge in [-0.15, -0.1) is 9.89 Å². The van der Waals surface area contributed by atoms with Gasteiger partial charge in [-0.25, -0.2) is 4.98 Å². The number of rotatable bonds is 3. The second kappa shape index (κ2) is 4.12. The van der Waals surface area contributed by atoms with E-state index in [2.05, 4.69) is 20.7 Å². The summed E-state index contributed by atoms with van der Waals surface area (Å²) in [6.07, 6.45) is 4.59. The van der Waals surface area contributed by atoms with E-state index >= 15 is 0 Å². The van der Waals surface area contributed by atoms with Crippen LogP contribution in [0.4, 0.5) is 0 Å². The summed E-state index contributed by atoms with van der Waals surface area (Å²) >= 11 is 0. The molecule has 1 aliphatic heterocycles. The number of hydrogen-bond donors (Lipinski definition) is 1. The minimum atomic E-state index is 0.271. The molecule has 1 aromatic carbocycles. The Morgan fingerprint density at radius 1 is 1.35 bits per heavy atom. The number of hydrazone groups is 1. The molecule has 0 atom stereocenters. The van der Waals surface area contributed by atoms with Crippen LogP contribution in [0.3, 0.4) is 0 Å². The van der Waals surface area contributed by atoms with E-state index in [0.29, 0.717) is 0 Å². The number of fused-ring (bicyclic) bond motifs is 1. The molecule has 0 radical (unpaired) electrons. The smallest absolute Gasteiger partial charge is 0.231 e. The predicted molar refractivity (Wildman–Crippen MR) is 59.5 cm³/mol. The van der Waals surface area contributed by atoms with Crippen LogP contribution in [0.25, 0.3) is 0 Å². The zero-order valence-corrected chi connectivity index (χ0v) is 8.78. The van der Waals surface area contributed by atoms with Gasteiger partial charge in [0, 0.05) is 0 Å². The van der Waals surface area contributed by atoms with Crippen LogP contribution in [-0.4, -0.2) is 27.9 Å². The van der Waals surface area contributed by atoms with Crippen LogP contribution >= 0.6 is 0 Å². The van der Waals surface area contributed by atoms with E-state index in [1.165, 1.54) is 17.4 Å². The molecule has 7 heteroatoms. The highest BCUT2D eigenvalue weighted by Gasteiger charge is 2.12. The number of ether oxygens (including phenoxy) is 2. The molecule has 7 nitrogen and oxygen atoms in total. The summed E-state index contributed by atoms with van der Waals surface area (Å²) in [5.41, 5.74) is 3.59. The SMILES string of the molecule is C(=N/Nn1cncn1)/c1ccc2c(c1)OCO2. The Kier molecular flexibility index (Phi) is 2.34. The van der Waals surface area contributed by atoms with Crippen molar-refractivity contribution in [3.05, 3.63) is 36.4 Å². The zero-order chi connectivity index (χ0) is 11.5. The van der Waals surface area contributed by atoms with Crippen molar-refractivity contribution in [3.63, 3.8) is 0 Å². The molecule has 0 saturated heterocycles. The lowest BCUT2D eigenvalue weighted by Crippen LogP contribution is -2.08. The first-order valence-electron chi connectivity index (χ1n) is 4.95. The fourth-order valence-corrected chi connectivity index (χ4v) is 1.42. The third-order valence-electron chi connectivity index (χ3n) is 2.19. The molecule has 0 bridgehead atoms. The van der Waals surface area contributed by atoms with E-state index in [4.69, 9.17) is 9.47 Å². The first-order valence-corrected chi connectivity index (χ1v) is 4.95. The van der Waals surface area contributed by atoms with Crippen molar-refractivity contribution in [1.82, 2.24) is 14.9 Å². The standard InChI is InChI=1S/C10H9N5O2/c1-2-9-10(17-7-16-9)3-8(1)4-12-14-15-6-11-5-13-15/h1-6,14H,7H2/b12-4-. The van der Waals surface area contributed by atoms with Gasteiger partial charge < -0.3 is 9.47 Å². The lowest BCUT2D eigenvalue weighted by Gasteiger charge is -1.98. The van der Waals surface area contributed by atoms with Crippen molar-refractivity contribution in [3.8, 4) is 11.5 Å². The number of nitrogens with zero attached hydrogens (tertiary/aromatic N) is 4. The molecule has 2 heterocycles. The lowest BCUT2D eigenvalue weighted by atomic mass is 10.2. The minimum absolute atomic E-state index is 0.271. The van der Waals surface area contributed by atoms with Crippen molar-refractivity contribution >= 4 is 6.21 Å². The van der Waals surface area contributed by atoms with E-state index < -0.39 is 0 Å². The zero-order valence-electron chi connectivity index (χ0n) is 8.78. The minimum Gasteiger partial charge on any atom is -0.454 e. The van der Waals surface area contributed by atoms with E-state index in [0.717, 1.165) is 17.1 Å². The lowest BCUT2D eigenvalue weighted by molar-refractivity contribution is 0.174. The summed E-state index contributed by atoms with van der Waals surface area (Å²) < 4.78 is 10.5. The van der Waals surface area contributed by atoms with Crippen molar-refractivity contribution in [2.45, 2.75) is 0 Å². The summed E-state index contributed by atoms with van der Waals surface area (Å²) in [7, 11) is 0. The number of nitrogens with one attached hydrogen (secondary N) is 1. The van der Waals surface area contributed by atoms with Gasteiger partial charge in [-0.05, 0) is 23.8 Å². The fourth-order valence-electron chi connectivity index (χ4n) is 1.42. The molecular weight excluding hydrogens is 222 g/mol. The molecule has 0 unspecified atom stereocenters. The van der Waals surface area contributed by atoms with Crippen molar-refractivity contribution in [2.24, 2.45) is 5.10 Å². The van der Waals surface area contributed by atoms with Gasteiger partial charge in [0.2, 0.25) is 6.79 Å². The van der Waals surface area contributed by atoms with Gasteiger partial charge in [0.15, 0.2) is 11.5 Å². The van der Waals surface area contributed by atoms with Crippen molar-refractivity contribution in [1.29, 1.82) is 0 Å². The van der Waals surface area contributed by atoms with Crippen molar-refractivity contribution in [2.75, 3.05) is 12.3 Å². The average molecular weight is 231 g/mol. The Labute approximate surface area is 96.7 Å².